The number of aromatic nitrogens is 1. The summed E-state index contributed by atoms with van der Waals surface area (Å²) in [6.07, 6.45) is 1.84. The summed E-state index contributed by atoms with van der Waals surface area (Å²) >= 11 is 2.11. The molecule has 0 bridgehead atoms. The van der Waals surface area contributed by atoms with Crippen molar-refractivity contribution in [3.63, 3.8) is 0 Å². The molecule has 2 nitrogen and oxygen atoms in total. The van der Waals surface area contributed by atoms with Gasteiger partial charge in [0, 0.05) is 15.5 Å². The molecule has 1 aromatic carbocycles. The fourth-order valence-corrected chi connectivity index (χ4v) is 2.09. The van der Waals surface area contributed by atoms with E-state index in [1.807, 2.05) is 25.3 Å². The Morgan fingerprint density at radius 1 is 1.29 bits per heavy atom. The number of nitrogens with one attached hydrogen (secondary N) is 1. The molecule has 0 unspecified atom stereocenters. The maximum Gasteiger partial charge on any atom is 0.124 e. The van der Waals surface area contributed by atoms with Crippen molar-refractivity contribution < 1.29 is 4.39 Å². The summed E-state index contributed by atoms with van der Waals surface area (Å²) in [5.41, 5.74) is 3.04. The Kier molecular flexibility index (Phi) is 3.93. The Hall–Kier alpha value is -1.17. The van der Waals surface area contributed by atoms with Gasteiger partial charge < -0.3 is 5.32 Å². The number of benzene rings is 1. The average Bonchev–Trinajstić information content (AvgIpc) is 2.30. The van der Waals surface area contributed by atoms with E-state index in [1.54, 1.807) is 6.07 Å². The van der Waals surface area contributed by atoms with Crippen molar-refractivity contribution in [1.29, 1.82) is 0 Å². The second-order valence-corrected chi connectivity index (χ2v) is 4.97. The molecule has 4 heteroatoms. The smallest absolute Gasteiger partial charge is 0.124 e. The molecule has 0 aliphatic heterocycles. The Morgan fingerprint density at radius 2 is 2.12 bits per heavy atom. The van der Waals surface area contributed by atoms with E-state index in [2.05, 4.69) is 32.9 Å². The second-order valence-electron chi connectivity index (χ2n) is 3.80. The third-order valence-corrected chi connectivity index (χ3v) is 3.26. The summed E-state index contributed by atoms with van der Waals surface area (Å²) in [5.74, 6) is -0.214. The first-order chi connectivity index (χ1) is 8.15. The highest BCUT2D eigenvalue weighted by Crippen LogP contribution is 2.19. The summed E-state index contributed by atoms with van der Waals surface area (Å²) in [5, 5.41) is 3.24. The molecule has 0 aliphatic rings. The van der Waals surface area contributed by atoms with E-state index in [4.69, 9.17) is 0 Å². The predicted molar refractivity (Wildman–Crippen MR) is 75.4 cm³/mol. The van der Waals surface area contributed by atoms with E-state index >= 15 is 0 Å². The number of anilines is 1. The first-order valence-electron chi connectivity index (χ1n) is 5.25. The monoisotopic (exact) mass is 342 g/mol. The Labute approximate surface area is 113 Å². The van der Waals surface area contributed by atoms with Crippen molar-refractivity contribution in [2.24, 2.45) is 0 Å². The van der Waals surface area contributed by atoms with E-state index in [0.717, 1.165) is 20.5 Å². The van der Waals surface area contributed by atoms with Gasteiger partial charge in [-0.15, -0.1) is 0 Å². The number of halogens is 2. The van der Waals surface area contributed by atoms with E-state index in [9.17, 15) is 4.39 Å². The molecule has 1 N–H and O–H groups in total. The summed E-state index contributed by atoms with van der Waals surface area (Å²) in [7, 11) is 0. The minimum absolute atomic E-state index is 0.214. The second kappa shape index (κ2) is 5.44. The van der Waals surface area contributed by atoms with Gasteiger partial charge in [-0.1, -0.05) is 6.07 Å². The largest absolute Gasteiger partial charge is 0.379 e. The first kappa shape index (κ1) is 12.3. The van der Waals surface area contributed by atoms with Crippen molar-refractivity contribution in [2.45, 2.75) is 13.5 Å². The van der Waals surface area contributed by atoms with Gasteiger partial charge in [-0.3, -0.25) is 4.98 Å². The van der Waals surface area contributed by atoms with Crippen molar-refractivity contribution in [1.82, 2.24) is 4.98 Å². The number of pyridine rings is 1. The standard InChI is InChI=1S/C13H12FIN2/c1-9-2-4-11(16-7-9)8-17-13-5-3-10(14)6-12(13)15/h2-7,17H,8H2,1H3. The predicted octanol–water partition coefficient (Wildman–Crippen LogP) is 3.75. The van der Waals surface area contributed by atoms with Crippen LogP contribution in [0.3, 0.4) is 0 Å². The first-order valence-corrected chi connectivity index (χ1v) is 6.33. The molecule has 0 radical (unpaired) electrons. The fourth-order valence-electron chi connectivity index (χ4n) is 1.42. The van der Waals surface area contributed by atoms with Crippen LogP contribution in [0, 0.1) is 16.3 Å². The molecule has 0 aliphatic carbocycles. The van der Waals surface area contributed by atoms with Crippen molar-refractivity contribution in [3.05, 3.63) is 57.2 Å². The van der Waals surface area contributed by atoms with Gasteiger partial charge in [0.25, 0.3) is 0 Å². The Balaban J connectivity index is 2.04. The summed E-state index contributed by atoms with van der Waals surface area (Å²) in [6, 6.07) is 8.71. The molecule has 2 rings (SSSR count). The molecule has 88 valence electrons. The van der Waals surface area contributed by atoms with Crippen LogP contribution in [0.15, 0.2) is 36.5 Å². The minimum Gasteiger partial charge on any atom is -0.379 e. The molecule has 0 atom stereocenters. The lowest BCUT2D eigenvalue weighted by atomic mass is 10.2. The lowest BCUT2D eigenvalue weighted by Crippen LogP contribution is -2.03. The van der Waals surface area contributed by atoms with Crippen molar-refractivity contribution >= 4 is 28.3 Å². The molecule has 17 heavy (non-hydrogen) atoms. The van der Waals surface area contributed by atoms with Crippen LogP contribution in [-0.4, -0.2) is 4.98 Å². The molecule has 0 spiro atoms. The van der Waals surface area contributed by atoms with Crippen LogP contribution in [0.1, 0.15) is 11.3 Å². The van der Waals surface area contributed by atoms with Gasteiger partial charge in [-0.2, -0.15) is 0 Å². The van der Waals surface area contributed by atoms with Gasteiger partial charge in [0.15, 0.2) is 0 Å². The Bertz CT molecular complexity index is 511. The number of nitrogens with zero attached hydrogens (tertiary/aromatic N) is 1. The molecular weight excluding hydrogens is 330 g/mol. The van der Waals surface area contributed by atoms with E-state index in [0.29, 0.717) is 6.54 Å². The zero-order valence-corrected chi connectivity index (χ0v) is 11.5. The molecule has 0 fully saturated rings. The maximum atomic E-state index is 12.9. The van der Waals surface area contributed by atoms with Crippen LogP contribution in [0.2, 0.25) is 0 Å². The summed E-state index contributed by atoms with van der Waals surface area (Å²) < 4.78 is 13.8. The lowest BCUT2D eigenvalue weighted by Gasteiger charge is -2.08. The SMILES string of the molecule is Cc1ccc(CNc2ccc(F)cc2I)nc1. The van der Waals surface area contributed by atoms with Crippen LogP contribution >= 0.6 is 22.6 Å². The maximum absolute atomic E-state index is 12.9. The molecule has 2 aromatic rings. The highest BCUT2D eigenvalue weighted by molar-refractivity contribution is 14.1. The highest BCUT2D eigenvalue weighted by Gasteiger charge is 2.01. The quantitative estimate of drug-likeness (QED) is 0.860. The third-order valence-electron chi connectivity index (χ3n) is 2.36. The molecule has 1 heterocycles. The molecule has 0 saturated carbocycles. The lowest BCUT2D eigenvalue weighted by molar-refractivity contribution is 0.627. The Morgan fingerprint density at radius 3 is 2.76 bits per heavy atom. The van der Waals surface area contributed by atoms with E-state index in [-0.39, 0.29) is 5.82 Å². The van der Waals surface area contributed by atoms with Crippen molar-refractivity contribution in [3.8, 4) is 0 Å². The summed E-state index contributed by atoms with van der Waals surface area (Å²) in [6.45, 7) is 2.65. The number of aryl methyl sites for hydroxylation is 1. The average molecular weight is 342 g/mol. The zero-order valence-electron chi connectivity index (χ0n) is 9.37. The van der Waals surface area contributed by atoms with Crippen LogP contribution in [0.4, 0.5) is 10.1 Å². The van der Waals surface area contributed by atoms with Gasteiger partial charge >= 0.3 is 0 Å². The number of hydrogen-bond acceptors (Lipinski definition) is 2. The normalized spacial score (nSPS) is 10.3. The number of hydrogen-bond donors (Lipinski definition) is 1. The van der Waals surface area contributed by atoms with E-state index < -0.39 is 0 Å². The zero-order chi connectivity index (χ0) is 12.3. The van der Waals surface area contributed by atoms with Crippen LogP contribution in [-0.2, 0) is 6.54 Å². The van der Waals surface area contributed by atoms with Gasteiger partial charge in [0.05, 0.1) is 12.2 Å². The van der Waals surface area contributed by atoms with Crippen LogP contribution in [0.5, 0.6) is 0 Å². The van der Waals surface area contributed by atoms with Gasteiger partial charge in [0.2, 0.25) is 0 Å². The van der Waals surface area contributed by atoms with Gasteiger partial charge in [0.1, 0.15) is 5.82 Å². The fraction of sp³-hybridized carbons (Fsp3) is 0.154. The van der Waals surface area contributed by atoms with Gasteiger partial charge in [-0.05, 0) is 59.3 Å². The highest BCUT2D eigenvalue weighted by atomic mass is 127. The molecule has 0 amide bonds. The molecule has 1 aromatic heterocycles. The van der Waals surface area contributed by atoms with Crippen LogP contribution in [0.25, 0.3) is 0 Å². The minimum atomic E-state index is -0.214. The van der Waals surface area contributed by atoms with Crippen LogP contribution < -0.4 is 5.32 Å². The van der Waals surface area contributed by atoms with E-state index in [1.165, 1.54) is 12.1 Å². The summed E-state index contributed by atoms with van der Waals surface area (Å²) in [4.78, 5) is 4.30. The number of rotatable bonds is 3. The molecular formula is C13H12FIN2. The third kappa shape index (κ3) is 3.39. The topological polar surface area (TPSA) is 24.9 Å². The van der Waals surface area contributed by atoms with Gasteiger partial charge in [-0.25, -0.2) is 4.39 Å². The van der Waals surface area contributed by atoms with Crippen molar-refractivity contribution in [2.75, 3.05) is 5.32 Å². The molecule has 0 saturated heterocycles.